The van der Waals surface area contributed by atoms with Crippen LogP contribution in [-0.2, 0) is 11.2 Å². The molecule has 0 bridgehead atoms. The van der Waals surface area contributed by atoms with Crippen LogP contribution in [0.15, 0.2) is 107 Å². The number of carbonyl (C=O) groups is 2. The smallest absolute Gasteiger partial charge is 0.335 e. The number of hydrogen-bond acceptors (Lipinski definition) is 6. The molecule has 4 rings (SSSR count). The molecule has 3 aromatic rings. The monoisotopic (exact) mass is 687 g/mol. The molecule has 0 radical (unpaired) electrons. The van der Waals surface area contributed by atoms with Crippen LogP contribution in [0.25, 0.3) is 0 Å². The largest absolute Gasteiger partial charge is 0.495 e. The summed E-state index contributed by atoms with van der Waals surface area (Å²) < 4.78 is 12.8. The zero-order valence-electron chi connectivity index (χ0n) is 26.8. The first kappa shape index (κ1) is 34.4. The molecule has 1 aliphatic heterocycles. The number of hydrogen-bond donors (Lipinski definition) is 3. The van der Waals surface area contributed by atoms with Crippen LogP contribution in [0.1, 0.15) is 56.0 Å². The average molecular weight is 689 g/mol. The molecule has 1 saturated heterocycles. The number of amides is 1. The minimum absolute atomic E-state index is 0.00970. The summed E-state index contributed by atoms with van der Waals surface area (Å²) in [6.07, 6.45) is 10.8. The van der Waals surface area contributed by atoms with Crippen LogP contribution in [-0.4, -0.2) is 47.7 Å². The van der Waals surface area contributed by atoms with Gasteiger partial charge in [-0.2, -0.15) is 0 Å². The Labute approximate surface area is 279 Å². The standard InChI is InChI=1S/C37H42BrN3O5/c1-5-7-11-25(3)33-21-17-28(24-46-29-18-15-27(16-19-29)37(43)44)41(33)36(42)23-26-14-20-32(34(22-26)45-4)40-35(10-6-2)39-31-13-9-8-12-30(31)38/h5,7-16,18-20,22,28,33,39-40H,6,17,21,23-24H2,1-4H3,(H,43,44)/b7-5-,25-11+,35-10+. The molecule has 3 N–H and O–H groups in total. The predicted octanol–water partition coefficient (Wildman–Crippen LogP) is 8.43. The summed E-state index contributed by atoms with van der Waals surface area (Å²) in [5.74, 6) is 1.05. The van der Waals surface area contributed by atoms with Crippen LogP contribution >= 0.6 is 15.9 Å². The van der Waals surface area contributed by atoms with Crippen LogP contribution in [0.2, 0.25) is 0 Å². The number of anilines is 2. The summed E-state index contributed by atoms with van der Waals surface area (Å²) in [4.78, 5) is 27.2. The Morgan fingerprint density at radius 3 is 2.46 bits per heavy atom. The highest BCUT2D eigenvalue weighted by molar-refractivity contribution is 9.10. The molecule has 2 atom stereocenters. The lowest BCUT2D eigenvalue weighted by molar-refractivity contribution is -0.133. The fourth-order valence-electron chi connectivity index (χ4n) is 5.52. The van der Waals surface area contributed by atoms with Crippen molar-refractivity contribution in [3.05, 3.63) is 118 Å². The van der Waals surface area contributed by atoms with E-state index in [1.165, 1.54) is 12.1 Å². The van der Waals surface area contributed by atoms with E-state index in [1.807, 2.05) is 66.4 Å². The lowest BCUT2D eigenvalue weighted by Crippen LogP contribution is -2.45. The molecule has 9 heteroatoms. The molecule has 0 aromatic heterocycles. The molecule has 1 heterocycles. The van der Waals surface area contributed by atoms with Gasteiger partial charge in [-0.3, -0.25) is 4.79 Å². The Morgan fingerprint density at radius 2 is 1.78 bits per heavy atom. The molecule has 46 heavy (non-hydrogen) atoms. The first-order valence-electron chi connectivity index (χ1n) is 15.5. The number of para-hydroxylation sites is 1. The van der Waals surface area contributed by atoms with E-state index in [-0.39, 0.29) is 30.0 Å². The van der Waals surface area contributed by atoms with Gasteiger partial charge in [0.25, 0.3) is 0 Å². The van der Waals surface area contributed by atoms with Crippen molar-refractivity contribution in [2.24, 2.45) is 0 Å². The van der Waals surface area contributed by atoms with Crippen LogP contribution in [0.5, 0.6) is 11.5 Å². The average Bonchev–Trinajstić information content (AvgIpc) is 3.49. The van der Waals surface area contributed by atoms with Gasteiger partial charge in [0.05, 0.1) is 42.6 Å². The number of allylic oxidation sites excluding steroid dienone is 4. The van der Waals surface area contributed by atoms with Crippen LogP contribution in [0, 0.1) is 0 Å². The summed E-state index contributed by atoms with van der Waals surface area (Å²) in [7, 11) is 1.62. The quantitative estimate of drug-likeness (QED) is 0.146. The highest BCUT2D eigenvalue weighted by Gasteiger charge is 2.38. The van der Waals surface area contributed by atoms with Crippen molar-refractivity contribution in [2.45, 2.75) is 58.5 Å². The van der Waals surface area contributed by atoms with Crippen molar-refractivity contribution >= 4 is 39.2 Å². The van der Waals surface area contributed by atoms with Crippen molar-refractivity contribution in [1.82, 2.24) is 4.90 Å². The Balaban J connectivity index is 1.51. The van der Waals surface area contributed by atoms with Crippen molar-refractivity contribution in [3.8, 4) is 11.5 Å². The van der Waals surface area contributed by atoms with Gasteiger partial charge in [0.15, 0.2) is 0 Å². The Bertz CT molecular complexity index is 1600. The number of carbonyl (C=O) groups excluding carboxylic acids is 1. The molecule has 1 aliphatic rings. The normalized spacial score (nSPS) is 16.8. The molecule has 0 spiro atoms. The van der Waals surface area contributed by atoms with Crippen LogP contribution in [0.4, 0.5) is 11.4 Å². The van der Waals surface area contributed by atoms with E-state index >= 15 is 0 Å². The highest BCUT2D eigenvalue weighted by atomic mass is 79.9. The number of halogens is 1. The molecular formula is C37H42BrN3O5. The predicted molar refractivity (Wildman–Crippen MR) is 188 cm³/mol. The van der Waals surface area contributed by atoms with E-state index in [0.717, 1.165) is 52.1 Å². The SMILES string of the molecule is C/C=C\C=C(/C)C1CCC(COc2ccc(C(=O)O)cc2)N1C(=O)Cc1ccc(N/C(=C/CC)Nc2ccccc2Br)c(OC)c1. The molecule has 0 saturated carbocycles. The molecule has 1 amide bonds. The van der Waals surface area contributed by atoms with Gasteiger partial charge in [0.2, 0.25) is 5.91 Å². The van der Waals surface area contributed by atoms with E-state index in [2.05, 4.69) is 52.6 Å². The first-order valence-corrected chi connectivity index (χ1v) is 16.3. The summed E-state index contributed by atoms with van der Waals surface area (Å²) in [5, 5.41) is 16.1. The van der Waals surface area contributed by atoms with Gasteiger partial charge in [0, 0.05) is 4.47 Å². The van der Waals surface area contributed by atoms with Crippen molar-refractivity contribution in [2.75, 3.05) is 24.4 Å². The molecule has 8 nitrogen and oxygen atoms in total. The number of nitrogens with one attached hydrogen (secondary N) is 2. The second-order valence-corrected chi connectivity index (χ2v) is 11.9. The number of aromatic carboxylic acids is 1. The molecule has 1 fully saturated rings. The van der Waals surface area contributed by atoms with Gasteiger partial charge in [-0.05, 0) is 109 Å². The second-order valence-electron chi connectivity index (χ2n) is 11.1. The van der Waals surface area contributed by atoms with Gasteiger partial charge in [-0.25, -0.2) is 4.79 Å². The Hall–Kier alpha value is -4.50. The van der Waals surface area contributed by atoms with Crippen LogP contribution < -0.4 is 20.1 Å². The number of benzene rings is 3. The zero-order chi connectivity index (χ0) is 33.1. The third-order valence-electron chi connectivity index (χ3n) is 7.85. The minimum Gasteiger partial charge on any atom is -0.495 e. The van der Waals surface area contributed by atoms with Crippen molar-refractivity contribution < 1.29 is 24.2 Å². The number of carboxylic acids is 1. The first-order chi connectivity index (χ1) is 22.2. The van der Waals surface area contributed by atoms with Gasteiger partial charge in [0.1, 0.15) is 23.9 Å². The van der Waals surface area contributed by atoms with Gasteiger partial charge in [-0.1, -0.05) is 48.9 Å². The number of carboxylic acid groups (broad SMARTS) is 1. The summed E-state index contributed by atoms with van der Waals surface area (Å²) in [6.45, 7) is 6.42. The molecule has 2 unspecified atom stereocenters. The molecule has 0 aliphatic carbocycles. The number of nitrogens with zero attached hydrogens (tertiary/aromatic N) is 1. The van der Waals surface area contributed by atoms with E-state index in [9.17, 15) is 14.7 Å². The molecular weight excluding hydrogens is 646 g/mol. The maximum absolute atomic E-state index is 14.0. The number of methoxy groups -OCH3 is 1. The van der Waals surface area contributed by atoms with E-state index < -0.39 is 5.97 Å². The lowest BCUT2D eigenvalue weighted by Gasteiger charge is -2.31. The summed E-state index contributed by atoms with van der Waals surface area (Å²) in [6, 6.07) is 19.9. The third-order valence-corrected chi connectivity index (χ3v) is 8.54. The third kappa shape index (κ3) is 9.03. The highest BCUT2D eigenvalue weighted by Crippen LogP contribution is 2.33. The number of rotatable bonds is 14. The van der Waals surface area contributed by atoms with Crippen molar-refractivity contribution in [1.29, 1.82) is 0 Å². The number of ether oxygens (including phenoxy) is 2. The van der Waals surface area contributed by atoms with E-state index in [4.69, 9.17) is 9.47 Å². The topological polar surface area (TPSA) is 100 Å². The maximum atomic E-state index is 14.0. The van der Waals surface area contributed by atoms with Gasteiger partial charge in [-0.15, -0.1) is 0 Å². The van der Waals surface area contributed by atoms with Crippen LogP contribution in [0.3, 0.4) is 0 Å². The second kappa shape index (κ2) is 16.7. The summed E-state index contributed by atoms with van der Waals surface area (Å²) in [5.41, 5.74) is 3.87. The summed E-state index contributed by atoms with van der Waals surface area (Å²) >= 11 is 3.60. The number of likely N-dealkylation sites (tertiary alicyclic amines) is 1. The van der Waals surface area contributed by atoms with E-state index in [0.29, 0.717) is 18.1 Å². The van der Waals surface area contributed by atoms with Gasteiger partial charge < -0.3 is 30.1 Å². The Kier molecular flexibility index (Phi) is 12.5. The fraction of sp³-hybridized carbons (Fsp3) is 0.297. The molecule has 3 aromatic carbocycles. The van der Waals surface area contributed by atoms with Crippen molar-refractivity contribution in [3.63, 3.8) is 0 Å². The molecule has 242 valence electrons. The minimum atomic E-state index is -0.985. The fourth-order valence-corrected chi connectivity index (χ4v) is 5.91. The zero-order valence-corrected chi connectivity index (χ0v) is 28.3. The van der Waals surface area contributed by atoms with E-state index in [1.54, 1.807) is 19.2 Å². The Morgan fingerprint density at radius 1 is 1.04 bits per heavy atom. The lowest BCUT2D eigenvalue weighted by atomic mass is 10.0. The maximum Gasteiger partial charge on any atom is 0.335 e. The van der Waals surface area contributed by atoms with Gasteiger partial charge >= 0.3 is 5.97 Å².